The van der Waals surface area contributed by atoms with E-state index in [0.717, 1.165) is 22.9 Å². The van der Waals surface area contributed by atoms with Gasteiger partial charge in [-0.25, -0.2) is 0 Å². The first-order chi connectivity index (χ1) is 8.47. The zero-order chi connectivity index (χ0) is 13.4. The van der Waals surface area contributed by atoms with Gasteiger partial charge in [-0.2, -0.15) is 0 Å². The summed E-state index contributed by atoms with van der Waals surface area (Å²) in [5.41, 5.74) is 7.67. The van der Waals surface area contributed by atoms with Crippen LogP contribution in [0, 0.1) is 6.92 Å². The van der Waals surface area contributed by atoms with Crippen LogP contribution in [0.3, 0.4) is 0 Å². The molecule has 1 heterocycles. The summed E-state index contributed by atoms with van der Waals surface area (Å²) < 4.78 is 1.49. The number of benzene rings is 1. The number of hydrogen-bond acceptors (Lipinski definition) is 2. The SMILES string of the molecule is CCc1ccc2c(C)c(C(N)=O)c(=O)n(C)c2c1. The fourth-order valence-corrected chi connectivity index (χ4v) is 2.25. The largest absolute Gasteiger partial charge is 0.365 e. The highest BCUT2D eigenvalue weighted by Crippen LogP contribution is 2.20. The van der Waals surface area contributed by atoms with E-state index < -0.39 is 5.91 Å². The van der Waals surface area contributed by atoms with E-state index in [1.165, 1.54) is 4.57 Å². The van der Waals surface area contributed by atoms with Gasteiger partial charge in [-0.05, 0) is 30.5 Å². The minimum absolute atomic E-state index is 0.0780. The van der Waals surface area contributed by atoms with Crippen LogP contribution in [-0.2, 0) is 13.5 Å². The molecule has 94 valence electrons. The normalized spacial score (nSPS) is 10.8. The zero-order valence-corrected chi connectivity index (χ0v) is 10.8. The number of fused-ring (bicyclic) bond motifs is 1. The van der Waals surface area contributed by atoms with Gasteiger partial charge in [-0.15, -0.1) is 0 Å². The van der Waals surface area contributed by atoms with E-state index in [4.69, 9.17) is 5.73 Å². The Morgan fingerprint density at radius 2 is 2.06 bits per heavy atom. The number of amides is 1. The van der Waals surface area contributed by atoms with Crippen molar-refractivity contribution in [1.29, 1.82) is 0 Å². The lowest BCUT2D eigenvalue weighted by molar-refractivity contribution is 0.0998. The number of hydrogen-bond donors (Lipinski definition) is 1. The number of nitrogens with zero attached hydrogens (tertiary/aromatic N) is 1. The average molecular weight is 244 g/mol. The molecule has 0 aliphatic rings. The van der Waals surface area contributed by atoms with E-state index >= 15 is 0 Å². The smallest absolute Gasteiger partial charge is 0.263 e. The third-order valence-electron chi connectivity index (χ3n) is 3.38. The molecule has 0 radical (unpaired) electrons. The van der Waals surface area contributed by atoms with Crippen LogP contribution in [0.4, 0.5) is 0 Å². The Labute approximate surface area is 105 Å². The van der Waals surface area contributed by atoms with Crippen LogP contribution in [0.2, 0.25) is 0 Å². The second kappa shape index (κ2) is 4.29. The van der Waals surface area contributed by atoms with Gasteiger partial charge in [0.2, 0.25) is 0 Å². The van der Waals surface area contributed by atoms with Gasteiger partial charge in [0.25, 0.3) is 11.5 Å². The van der Waals surface area contributed by atoms with Crippen molar-refractivity contribution >= 4 is 16.8 Å². The van der Waals surface area contributed by atoms with Crippen LogP contribution in [0.1, 0.15) is 28.4 Å². The van der Waals surface area contributed by atoms with Gasteiger partial charge in [-0.3, -0.25) is 9.59 Å². The minimum atomic E-state index is -0.672. The molecule has 4 nitrogen and oxygen atoms in total. The molecule has 1 aromatic carbocycles. The topological polar surface area (TPSA) is 65.1 Å². The molecule has 0 fully saturated rings. The Hall–Kier alpha value is -2.10. The summed E-state index contributed by atoms with van der Waals surface area (Å²) in [7, 11) is 1.66. The number of rotatable bonds is 2. The van der Waals surface area contributed by atoms with Crippen molar-refractivity contribution in [3.63, 3.8) is 0 Å². The van der Waals surface area contributed by atoms with Crippen molar-refractivity contribution < 1.29 is 4.79 Å². The Morgan fingerprint density at radius 1 is 1.39 bits per heavy atom. The van der Waals surface area contributed by atoms with Crippen LogP contribution in [0.15, 0.2) is 23.0 Å². The van der Waals surface area contributed by atoms with Gasteiger partial charge in [0.05, 0.1) is 5.52 Å². The van der Waals surface area contributed by atoms with Crippen molar-refractivity contribution in [2.75, 3.05) is 0 Å². The Morgan fingerprint density at radius 3 is 2.61 bits per heavy atom. The van der Waals surface area contributed by atoms with Crippen molar-refractivity contribution in [3.8, 4) is 0 Å². The Bertz CT molecular complexity index is 699. The summed E-state index contributed by atoms with van der Waals surface area (Å²) >= 11 is 0. The molecular formula is C14H16N2O2. The summed E-state index contributed by atoms with van der Waals surface area (Å²) in [6.07, 6.45) is 0.904. The van der Waals surface area contributed by atoms with E-state index in [2.05, 4.69) is 6.92 Å². The lowest BCUT2D eigenvalue weighted by atomic mass is 10.0. The molecule has 0 atom stereocenters. The van der Waals surface area contributed by atoms with Crippen LogP contribution >= 0.6 is 0 Å². The van der Waals surface area contributed by atoms with Gasteiger partial charge >= 0.3 is 0 Å². The maximum atomic E-state index is 12.1. The Balaban J connectivity index is 2.97. The molecule has 18 heavy (non-hydrogen) atoms. The summed E-state index contributed by atoms with van der Waals surface area (Å²) in [6, 6.07) is 5.93. The fourth-order valence-electron chi connectivity index (χ4n) is 2.25. The molecular weight excluding hydrogens is 228 g/mol. The summed E-state index contributed by atoms with van der Waals surface area (Å²) in [5, 5.41) is 0.892. The number of primary amides is 1. The highest BCUT2D eigenvalue weighted by atomic mass is 16.2. The van der Waals surface area contributed by atoms with Gasteiger partial charge in [0, 0.05) is 12.4 Å². The van der Waals surface area contributed by atoms with E-state index in [-0.39, 0.29) is 11.1 Å². The number of carbonyl (C=O) groups excluding carboxylic acids is 1. The number of aryl methyl sites for hydroxylation is 3. The first kappa shape index (κ1) is 12.4. The van der Waals surface area contributed by atoms with E-state index in [0.29, 0.717) is 5.56 Å². The maximum Gasteiger partial charge on any atom is 0.263 e. The predicted molar refractivity (Wildman–Crippen MR) is 71.8 cm³/mol. The van der Waals surface area contributed by atoms with Crippen molar-refractivity contribution in [1.82, 2.24) is 4.57 Å². The maximum absolute atomic E-state index is 12.1. The number of pyridine rings is 1. The number of carbonyl (C=O) groups is 1. The number of nitrogens with two attached hydrogens (primary N) is 1. The van der Waals surface area contributed by atoms with Gasteiger partial charge in [0.15, 0.2) is 0 Å². The highest BCUT2D eigenvalue weighted by molar-refractivity contribution is 5.99. The highest BCUT2D eigenvalue weighted by Gasteiger charge is 2.16. The molecule has 0 aliphatic carbocycles. The second-order valence-electron chi connectivity index (χ2n) is 4.43. The second-order valence-corrected chi connectivity index (χ2v) is 4.43. The van der Waals surface area contributed by atoms with Crippen molar-refractivity contribution in [2.24, 2.45) is 12.8 Å². The molecule has 4 heteroatoms. The van der Waals surface area contributed by atoms with Gasteiger partial charge < -0.3 is 10.3 Å². The van der Waals surface area contributed by atoms with Crippen LogP contribution in [-0.4, -0.2) is 10.5 Å². The fraction of sp³-hybridized carbons (Fsp3) is 0.286. The Kier molecular flexibility index (Phi) is 2.95. The summed E-state index contributed by atoms with van der Waals surface area (Å²) in [5.74, 6) is -0.672. The molecule has 0 saturated carbocycles. The average Bonchev–Trinajstić information content (AvgIpc) is 2.35. The van der Waals surface area contributed by atoms with Gasteiger partial charge in [-0.1, -0.05) is 19.1 Å². The number of aromatic nitrogens is 1. The predicted octanol–water partition coefficient (Wildman–Crippen LogP) is 1.51. The minimum Gasteiger partial charge on any atom is -0.365 e. The molecule has 0 bridgehead atoms. The molecule has 2 aromatic rings. The summed E-state index contributed by atoms with van der Waals surface area (Å²) in [6.45, 7) is 3.82. The van der Waals surface area contributed by atoms with Crippen molar-refractivity contribution in [2.45, 2.75) is 20.3 Å². The van der Waals surface area contributed by atoms with Gasteiger partial charge in [0.1, 0.15) is 5.56 Å². The molecule has 0 spiro atoms. The third kappa shape index (κ3) is 1.70. The molecule has 0 aliphatic heterocycles. The van der Waals surface area contributed by atoms with Crippen molar-refractivity contribution in [3.05, 3.63) is 45.2 Å². The molecule has 1 aromatic heterocycles. The lowest BCUT2D eigenvalue weighted by Crippen LogP contribution is -2.29. The molecule has 1 amide bonds. The molecule has 2 rings (SSSR count). The molecule has 0 unspecified atom stereocenters. The zero-order valence-electron chi connectivity index (χ0n) is 10.8. The standard InChI is InChI=1S/C14H16N2O2/c1-4-9-5-6-10-8(2)12(13(15)17)14(18)16(3)11(10)7-9/h5-7H,4H2,1-3H3,(H2,15,17). The van der Waals surface area contributed by atoms with E-state index in [9.17, 15) is 9.59 Å². The quantitative estimate of drug-likeness (QED) is 0.870. The van der Waals surface area contributed by atoms with E-state index in [1.807, 2.05) is 18.2 Å². The lowest BCUT2D eigenvalue weighted by Gasteiger charge is -2.12. The third-order valence-corrected chi connectivity index (χ3v) is 3.38. The van der Waals surface area contributed by atoms with Crippen LogP contribution < -0.4 is 11.3 Å². The monoisotopic (exact) mass is 244 g/mol. The summed E-state index contributed by atoms with van der Waals surface area (Å²) in [4.78, 5) is 23.5. The molecule has 0 saturated heterocycles. The van der Waals surface area contributed by atoms with Crippen LogP contribution in [0.5, 0.6) is 0 Å². The van der Waals surface area contributed by atoms with E-state index in [1.54, 1.807) is 14.0 Å². The molecule has 2 N–H and O–H groups in total. The first-order valence-electron chi connectivity index (χ1n) is 5.89. The van der Waals surface area contributed by atoms with Crippen LogP contribution in [0.25, 0.3) is 10.9 Å². The first-order valence-corrected chi connectivity index (χ1v) is 5.89.